The van der Waals surface area contributed by atoms with Gasteiger partial charge in [-0.25, -0.2) is 0 Å². The molecule has 1 aromatic heterocycles. The van der Waals surface area contributed by atoms with Gasteiger partial charge in [0.15, 0.2) is 0 Å². The Bertz CT molecular complexity index is 377. The second kappa shape index (κ2) is 8.19. The molecule has 1 atom stereocenters. The molecule has 1 nitrogen and oxygen atoms in total. The molecule has 2 rings (SSSR count). The number of hydrogen-bond acceptors (Lipinski definition) is 2. The Morgan fingerprint density at radius 3 is 2.45 bits per heavy atom. The van der Waals surface area contributed by atoms with Crippen LogP contribution >= 0.6 is 11.3 Å². The zero-order valence-electron chi connectivity index (χ0n) is 13.5. The van der Waals surface area contributed by atoms with Crippen molar-refractivity contribution >= 4 is 11.3 Å². The van der Waals surface area contributed by atoms with Crippen molar-refractivity contribution in [3.8, 4) is 0 Å². The molecule has 1 fully saturated rings. The average molecular weight is 294 g/mol. The number of thiophene rings is 1. The molecule has 2 heteroatoms. The molecule has 0 amide bonds. The predicted molar refractivity (Wildman–Crippen MR) is 90.6 cm³/mol. The maximum Gasteiger partial charge on any atom is 0.0144 e. The summed E-state index contributed by atoms with van der Waals surface area (Å²) in [7, 11) is 0. The van der Waals surface area contributed by atoms with Gasteiger partial charge in [0.25, 0.3) is 0 Å². The van der Waals surface area contributed by atoms with Crippen molar-refractivity contribution in [1.29, 1.82) is 0 Å². The van der Waals surface area contributed by atoms with E-state index < -0.39 is 0 Å². The van der Waals surface area contributed by atoms with Crippen LogP contribution in [0.15, 0.2) is 12.1 Å². The van der Waals surface area contributed by atoms with Gasteiger partial charge in [-0.15, -0.1) is 11.3 Å². The van der Waals surface area contributed by atoms with E-state index in [2.05, 4.69) is 38.2 Å². The Hall–Kier alpha value is -0.340. The zero-order valence-corrected chi connectivity index (χ0v) is 14.3. The van der Waals surface area contributed by atoms with Gasteiger partial charge in [0, 0.05) is 15.8 Å². The third-order valence-corrected chi connectivity index (χ3v) is 6.02. The lowest BCUT2D eigenvalue weighted by atomic mass is 9.78. The molecule has 114 valence electrons. The van der Waals surface area contributed by atoms with E-state index in [0.717, 1.165) is 11.8 Å². The molecule has 1 aromatic rings. The molecule has 0 aromatic carbocycles. The molecule has 0 saturated heterocycles. The molecular formula is C18H31NS. The van der Waals surface area contributed by atoms with Crippen LogP contribution in [0, 0.1) is 11.8 Å². The molecule has 1 aliphatic rings. The van der Waals surface area contributed by atoms with E-state index in [4.69, 9.17) is 0 Å². The fraction of sp³-hybridized carbons (Fsp3) is 0.778. The van der Waals surface area contributed by atoms with Crippen molar-refractivity contribution in [2.24, 2.45) is 11.8 Å². The third kappa shape index (κ3) is 4.60. The minimum absolute atomic E-state index is 0.700. The normalized spacial score (nSPS) is 24.8. The molecule has 1 aliphatic carbocycles. The summed E-state index contributed by atoms with van der Waals surface area (Å²) >= 11 is 2.02. The van der Waals surface area contributed by atoms with Gasteiger partial charge >= 0.3 is 0 Å². The number of aryl methyl sites for hydroxylation is 1. The summed E-state index contributed by atoms with van der Waals surface area (Å²) in [6, 6.07) is 5.38. The van der Waals surface area contributed by atoms with Crippen molar-refractivity contribution in [2.45, 2.75) is 71.8 Å². The van der Waals surface area contributed by atoms with Crippen molar-refractivity contribution in [3.05, 3.63) is 21.9 Å². The zero-order chi connectivity index (χ0) is 14.4. The Morgan fingerprint density at radius 1 is 1.15 bits per heavy atom. The maximum absolute atomic E-state index is 3.84. The summed E-state index contributed by atoms with van der Waals surface area (Å²) in [4.78, 5) is 3.11. The SMILES string of the molecule is CCCNC(Cc1ccc(CC)s1)C1CCC(C)CC1. The molecule has 20 heavy (non-hydrogen) atoms. The number of hydrogen-bond donors (Lipinski definition) is 1. The van der Waals surface area contributed by atoms with Gasteiger partial charge in [0.2, 0.25) is 0 Å². The first kappa shape index (κ1) is 16.0. The van der Waals surface area contributed by atoms with E-state index in [1.807, 2.05) is 11.3 Å². The highest BCUT2D eigenvalue weighted by Gasteiger charge is 2.26. The molecule has 0 aliphatic heterocycles. The van der Waals surface area contributed by atoms with Gasteiger partial charge in [0.1, 0.15) is 0 Å². The predicted octanol–water partition coefficient (Wildman–Crippen LogP) is 5.05. The van der Waals surface area contributed by atoms with Crippen LogP contribution in [0.5, 0.6) is 0 Å². The van der Waals surface area contributed by atoms with Crippen LogP contribution in [0.2, 0.25) is 0 Å². The summed E-state index contributed by atoms with van der Waals surface area (Å²) in [6.45, 7) is 8.11. The highest BCUT2D eigenvalue weighted by molar-refractivity contribution is 7.11. The van der Waals surface area contributed by atoms with E-state index in [1.54, 1.807) is 4.88 Å². The second-order valence-corrected chi connectivity index (χ2v) is 7.76. The molecule has 0 radical (unpaired) electrons. The van der Waals surface area contributed by atoms with Crippen LogP contribution in [-0.4, -0.2) is 12.6 Å². The van der Waals surface area contributed by atoms with Crippen LogP contribution < -0.4 is 5.32 Å². The molecule has 1 N–H and O–H groups in total. The van der Waals surface area contributed by atoms with Crippen LogP contribution in [-0.2, 0) is 12.8 Å². The molecular weight excluding hydrogens is 262 g/mol. The lowest BCUT2D eigenvalue weighted by molar-refractivity contribution is 0.229. The van der Waals surface area contributed by atoms with Crippen molar-refractivity contribution in [2.75, 3.05) is 6.54 Å². The average Bonchev–Trinajstić information content (AvgIpc) is 2.92. The summed E-state index contributed by atoms with van der Waals surface area (Å²) in [5.74, 6) is 1.84. The topological polar surface area (TPSA) is 12.0 Å². The summed E-state index contributed by atoms with van der Waals surface area (Å²) in [5.41, 5.74) is 0. The van der Waals surface area contributed by atoms with Crippen molar-refractivity contribution in [3.63, 3.8) is 0 Å². The fourth-order valence-electron chi connectivity index (χ4n) is 3.36. The quantitative estimate of drug-likeness (QED) is 0.742. The highest BCUT2D eigenvalue weighted by atomic mass is 32.1. The van der Waals surface area contributed by atoms with Crippen LogP contribution in [0.3, 0.4) is 0 Å². The van der Waals surface area contributed by atoms with Gasteiger partial charge in [-0.05, 0) is 62.6 Å². The second-order valence-electron chi connectivity index (χ2n) is 6.51. The van der Waals surface area contributed by atoms with Crippen molar-refractivity contribution < 1.29 is 0 Å². The first-order chi connectivity index (χ1) is 9.72. The van der Waals surface area contributed by atoms with Crippen LogP contribution in [0.25, 0.3) is 0 Å². The molecule has 1 heterocycles. The van der Waals surface area contributed by atoms with Gasteiger partial charge in [0.05, 0.1) is 0 Å². The molecule has 0 bridgehead atoms. The lowest BCUT2D eigenvalue weighted by Crippen LogP contribution is -2.40. The van der Waals surface area contributed by atoms with Gasteiger partial charge < -0.3 is 5.32 Å². The lowest BCUT2D eigenvalue weighted by Gasteiger charge is -2.33. The maximum atomic E-state index is 3.84. The van der Waals surface area contributed by atoms with E-state index >= 15 is 0 Å². The standard InChI is InChI=1S/C18H31NS/c1-4-12-19-18(15-8-6-14(3)7-9-15)13-17-11-10-16(5-2)20-17/h10-11,14-15,18-19H,4-9,12-13H2,1-3H3. The van der Waals surface area contributed by atoms with Crippen molar-refractivity contribution in [1.82, 2.24) is 5.32 Å². The Morgan fingerprint density at radius 2 is 1.85 bits per heavy atom. The van der Waals surface area contributed by atoms with Gasteiger partial charge in [-0.1, -0.05) is 33.6 Å². The van der Waals surface area contributed by atoms with Gasteiger partial charge in [-0.2, -0.15) is 0 Å². The fourth-order valence-corrected chi connectivity index (χ4v) is 4.38. The molecule has 1 saturated carbocycles. The summed E-state index contributed by atoms with van der Waals surface area (Å²) < 4.78 is 0. The third-order valence-electron chi connectivity index (χ3n) is 4.77. The molecule has 1 unspecified atom stereocenters. The molecule has 0 spiro atoms. The van der Waals surface area contributed by atoms with E-state index in [-0.39, 0.29) is 0 Å². The van der Waals surface area contributed by atoms with Crippen LogP contribution in [0.1, 0.15) is 62.6 Å². The summed E-state index contributed by atoms with van der Waals surface area (Å²) in [5, 5.41) is 3.84. The Balaban J connectivity index is 1.95. The van der Waals surface area contributed by atoms with Crippen LogP contribution in [0.4, 0.5) is 0 Å². The minimum Gasteiger partial charge on any atom is -0.313 e. The Labute approximate surface area is 129 Å². The minimum atomic E-state index is 0.700. The van der Waals surface area contributed by atoms with E-state index in [0.29, 0.717) is 6.04 Å². The number of nitrogens with one attached hydrogen (secondary N) is 1. The monoisotopic (exact) mass is 293 g/mol. The highest BCUT2D eigenvalue weighted by Crippen LogP contribution is 2.32. The summed E-state index contributed by atoms with van der Waals surface area (Å²) in [6.07, 6.45) is 9.37. The van der Waals surface area contributed by atoms with E-state index in [9.17, 15) is 0 Å². The first-order valence-corrected chi connectivity index (χ1v) is 9.35. The smallest absolute Gasteiger partial charge is 0.0144 e. The Kier molecular flexibility index (Phi) is 6.57. The van der Waals surface area contributed by atoms with E-state index in [1.165, 1.54) is 56.4 Å². The number of rotatable bonds is 7. The van der Waals surface area contributed by atoms with Gasteiger partial charge in [-0.3, -0.25) is 0 Å². The first-order valence-electron chi connectivity index (χ1n) is 8.53. The largest absolute Gasteiger partial charge is 0.313 e.